The van der Waals surface area contributed by atoms with Gasteiger partial charge >= 0.3 is 0 Å². The van der Waals surface area contributed by atoms with Crippen molar-refractivity contribution in [1.82, 2.24) is 14.8 Å². The van der Waals surface area contributed by atoms with Crippen molar-refractivity contribution >= 4 is 11.6 Å². The van der Waals surface area contributed by atoms with Crippen molar-refractivity contribution in [1.29, 1.82) is 0 Å². The van der Waals surface area contributed by atoms with Gasteiger partial charge in [0.05, 0.1) is 24.3 Å². The molecule has 1 aliphatic rings. The fourth-order valence-corrected chi connectivity index (χ4v) is 3.26. The van der Waals surface area contributed by atoms with Gasteiger partial charge < -0.3 is 5.32 Å². The van der Waals surface area contributed by atoms with Crippen molar-refractivity contribution in [3.05, 3.63) is 54.1 Å². The van der Waals surface area contributed by atoms with Gasteiger partial charge in [-0.25, -0.2) is 0 Å². The summed E-state index contributed by atoms with van der Waals surface area (Å²) in [5.41, 5.74) is 3.15. The zero-order valence-electron chi connectivity index (χ0n) is 14.7. The van der Waals surface area contributed by atoms with Gasteiger partial charge in [-0.3, -0.25) is 14.5 Å². The van der Waals surface area contributed by atoms with E-state index in [4.69, 9.17) is 0 Å². The Labute approximate surface area is 142 Å². The Balaban J connectivity index is 1.63. The molecule has 2 atom stereocenters. The van der Waals surface area contributed by atoms with Crippen molar-refractivity contribution < 1.29 is 4.79 Å². The number of anilines is 1. The summed E-state index contributed by atoms with van der Waals surface area (Å²) in [7, 11) is 0. The van der Waals surface area contributed by atoms with Gasteiger partial charge in [0, 0.05) is 18.6 Å². The summed E-state index contributed by atoms with van der Waals surface area (Å²) in [5.74, 6) is 0.413. The van der Waals surface area contributed by atoms with E-state index in [1.165, 1.54) is 5.57 Å². The average molecular weight is 324 g/mol. The molecule has 1 saturated carbocycles. The van der Waals surface area contributed by atoms with E-state index in [1.807, 2.05) is 23.0 Å². The number of hydrogen-bond acceptors (Lipinski definition) is 3. The highest BCUT2D eigenvalue weighted by atomic mass is 16.2. The molecule has 0 aliphatic heterocycles. The first kappa shape index (κ1) is 16.4. The molecule has 0 spiro atoms. The second-order valence-electron chi connectivity index (χ2n) is 7.34. The number of nitrogens with one attached hydrogen (secondary N) is 1. The largest absolute Gasteiger partial charge is 0.323 e. The van der Waals surface area contributed by atoms with E-state index in [-0.39, 0.29) is 17.2 Å². The molecular weight excluding hydrogens is 300 g/mol. The van der Waals surface area contributed by atoms with Crippen LogP contribution in [0.1, 0.15) is 33.3 Å². The topological polar surface area (TPSA) is 59.8 Å². The minimum atomic E-state index is 0.0222. The Hall–Kier alpha value is -2.43. The minimum Gasteiger partial charge on any atom is -0.323 e. The maximum Gasteiger partial charge on any atom is 0.228 e. The second kappa shape index (κ2) is 6.23. The lowest BCUT2D eigenvalue weighted by Gasteiger charge is -2.03. The van der Waals surface area contributed by atoms with Crippen LogP contribution in [-0.2, 0) is 11.3 Å². The molecule has 2 aromatic rings. The molecule has 2 aromatic heterocycles. The number of amides is 1. The number of allylic oxidation sites excluding steroid dienone is 2. The normalized spacial score (nSPS) is 21.2. The lowest BCUT2D eigenvalue weighted by molar-refractivity contribution is -0.118. The molecule has 0 bridgehead atoms. The van der Waals surface area contributed by atoms with Gasteiger partial charge in [0.1, 0.15) is 0 Å². The monoisotopic (exact) mass is 324 g/mol. The Kier molecular flexibility index (Phi) is 4.26. The van der Waals surface area contributed by atoms with Crippen LogP contribution in [0.2, 0.25) is 0 Å². The van der Waals surface area contributed by atoms with E-state index >= 15 is 0 Å². The molecule has 5 nitrogen and oxygen atoms in total. The number of aromatic nitrogens is 3. The Morgan fingerprint density at radius 1 is 1.33 bits per heavy atom. The van der Waals surface area contributed by atoms with Crippen LogP contribution in [0.3, 0.4) is 0 Å². The molecule has 0 aromatic carbocycles. The fraction of sp³-hybridized carbons (Fsp3) is 0.421. The zero-order chi connectivity index (χ0) is 17.3. The molecular formula is C19H24N4O. The van der Waals surface area contributed by atoms with Gasteiger partial charge in [0.25, 0.3) is 0 Å². The zero-order valence-corrected chi connectivity index (χ0v) is 14.7. The average Bonchev–Trinajstić information content (AvgIpc) is 2.83. The highest BCUT2D eigenvalue weighted by molar-refractivity contribution is 5.95. The van der Waals surface area contributed by atoms with Crippen molar-refractivity contribution in [3.8, 4) is 0 Å². The predicted octanol–water partition coefficient (Wildman–Crippen LogP) is 3.50. The molecule has 1 aliphatic carbocycles. The molecule has 2 heterocycles. The Bertz CT molecular complexity index is 757. The molecule has 5 heteroatoms. The fourth-order valence-electron chi connectivity index (χ4n) is 3.26. The Morgan fingerprint density at radius 3 is 2.71 bits per heavy atom. The third-order valence-corrected chi connectivity index (χ3v) is 4.70. The number of carbonyl (C=O) groups is 1. The van der Waals surface area contributed by atoms with Crippen LogP contribution in [0.4, 0.5) is 5.69 Å². The number of pyridine rings is 1. The summed E-state index contributed by atoms with van der Waals surface area (Å²) >= 11 is 0. The molecule has 1 fully saturated rings. The number of carbonyl (C=O) groups excluding carboxylic acids is 1. The molecule has 3 rings (SSSR count). The summed E-state index contributed by atoms with van der Waals surface area (Å²) < 4.78 is 1.82. The van der Waals surface area contributed by atoms with E-state index in [1.54, 1.807) is 18.6 Å². The predicted molar refractivity (Wildman–Crippen MR) is 94.4 cm³/mol. The minimum absolute atomic E-state index is 0.0222. The summed E-state index contributed by atoms with van der Waals surface area (Å²) in [5, 5.41) is 7.32. The molecule has 0 radical (unpaired) electrons. The molecule has 0 saturated heterocycles. The second-order valence-corrected chi connectivity index (χ2v) is 7.34. The number of hydrogen-bond donors (Lipinski definition) is 1. The lowest BCUT2D eigenvalue weighted by atomic mass is 10.1. The SMILES string of the molecule is CC(C)=C[C@@H]1[C@H](C(=O)Nc2cnn(Cc3ccncc3)c2)C1(C)C. The first-order chi connectivity index (χ1) is 11.4. The van der Waals surface area contributed by atoms with Gasteiger partial charge in [-0.05, 0) is 42.9 Å². The summed E-state index contributed by atoms with van der Waals surface area (Å²) in [6.07, 6.45) is 9.30. The number of rotatable bonds is 5. The summed E-state index contributed by atoms with van der Waals surface area (Å²) in [4.78, 5) is 16.6. The van der Waals surface area contributed by atoms with Crippen LogP contribution in [-0.4, -0.2) is 20.7 Å². The van der Waals surface area contributed by atoms with Crippen LogP contribution in [0.25, 0.3) is 0 Å². The van der Waals surface area contributed by atoms with E-state index in [9.17, 15) is 4.79 Å². The van der Waals surface area contributed by atoms with Gasteiger partial charge in [-0.1, -0.05) is 25.5 Å². The van der Waals surface area contributed by atoms with Gasteiger partial charge in [0.15, 0.2) is 0 Å². The van der Waals surface area contributed by atoms with Gasteiger partial charge in [0.2, 0.25) is 5.91 Å². The maximum absolute atomic E-state index is 12.6. The lowest BCUT2D eigenvalue weighted by Crippen LogP contribution is -2.16. The van der Waals surface area contributed by atoms with Crippen molar-refractivity contribution in [2.24, 2.45) is 17.3 Å². The van der Waals surface area contributed by atoms with Crippen molar-refractivity contribution in [2.45, 2.75) is 34.2 Å². The highest BCUT2D eigenvalue weighted by Gasteiger charge is 2.60. The molecule has 1 N–H and O–H groups in total. The Morgan fingerprint density at radius 2 is 2.04 bits per heavy atom. The standard InChI is InChI=1S/C19H24N4O/c1-13(2)9-16-17(19(16,3)4)18(24)22-15-10-21-23(12-15)11-14-5-7-20-8-6-14/h5-10,12,16-17H,11H2,1-4H3,(H,22,24)/t16-,17-/m1/s1. The first-order valence-electron chi connectivity index (χ1n) is 8.25. The number of nitrogens with zero attached hydrogens (tertiary/aromatic N) is 3. The quantitative estimate of drug-likeness (QED) is 0.856. The smallest absolute Gasteiger partial charge is 0.228 e. The molecule has 126 valence electrons. The van der Waals surface area contributed by atoms with Crippen LogP contribution in [0.15, 0.2) is 48.6 Å². The van der Waals surface area contributed by atoms with E-state index in [2.05, 4.69) is 49.2 Å². The van der Waals surface area contributed by atoms with Crippen LogP contribution in [0, 0.1) is 17.3 Å². The van der Waals surface area contributed by atoms with Gasteiger partial charge in [-0.2, -0.15) is 5.10 Å². The van der Waals surface area contributed by atoms with Crippen molar-refractivity contribution in [3.63, 3.8) is 0 Å². The maximum atomic E-state index is 12.6. The van der Waals surface area contributed by atoms with Crippen LogP contribution in [0.5, 0.6) is 0 Å². The summed E-state index contributed by atoms with van der Waals surface area (Å²) in [6, 6.07) is 3.91. The third-order valence-electron chi connectivity index (χ3n) is 4.70. The van der Waals surface area contributed by atoms with Crippen LogP contribution >= 0.6 is 0 Å². The highest BCUT2D eigenvalue weighted by Crippen LogP contribution is 2.59. The van der Waals surface area contributed by atoms with Crippen molar-refractivity contribution in [2.75, 3.05) is 5.32 Å². The first-order valence-corrected chi connectivity index (χ1v) is 8.25. The van der Waals surface area contributed by atoms with E-state index in [0.29, 0.717) is 12.5 Å². The molecule has 1 amide bonds. The van der Waals surface area contributed by atoms with E-state index < -0.39 is 0 Å². The third kappa shape index (κ3) is 3.40. The van der Waals surface area contributed by atoms with E-state index in [0.717, 1.165) is 11.3 Å². The van der Waals surface area contributed by atoms with Crippen LogP contribution < -0.4 is 5.32 Å². The summed E-state index contributed by atoms with van der Waals surface area (Å²) in [6.45, 7) is 9.11. The molecule has 24 heavy (non-hydrogen) atoms. The molecule has 0 unspecified atom stereocenters. The van der Waals surface area contributed by atoms with Gasteiger partial charge in [-0.15, -0.1) is 0 Å².